The van der Waals surface area contributed by atoms with Crippen molar-refractivity contribution in [3.05, 3.63) is 50.2 Å². The quantitative estimate of drug-likeness (QED) is 0.697. The largest absolute Gasteiger partial charge is 0.332 e. The zero-order valence-electron chi connectivity index (χ0n) is 11.4. The van der Waals surface area contributed by atoms with Crippen molar-refractivity contribution in [1.82, 2.24) is 19.5 Å². The second kappa shape index (κ2) is 4.19. The van der Waals surface area contributed by atoms with Crippen molar-refractivity contribution in [2.24, 2.45) is 7.05 Å². The number of aryl methyl sites for hydroxylation is 3. The lowest BCUT2D eigenvalue weighted by Crippen LogP contribution is -2.28. The van der Waals surface area contributed by atoms with Gasteiger partial charge in [-0.3, -0.25) is 14.3 Å². The molecule has 2 heterocycles. The van der Waals surface area contributed by atoms with Crippen molar-refractivity contribution in [2.75, 3.05) is 0 Å². The van der Waals surface area contributed by atoms with Crippen LogP contribution < -0.4 is 11.2 Å². The highest BCUT2D eigenvalue weighted by molar-refractivity contribution is 5.76. The molecule has 3 aromatic rings. The number of nitrogens with zero attached hydrogens (tertiary/aromatic N) is 2. The number of rotatable bonds is 1. The molecule has 0 spiro atoms. The molecule has 6 heteroatoms. The molecule has 0 aliphatic carbocycles. The number of nitrogens with one attached hydrogen (secondary N) is 2. The van der Waals surface area contributed by atoms with Crippen LogP contribution in [-0.2, 0) is 7.05 Å². The average Bonchev–Trinajstić information content (AvgIpc) is 2.81. The van der Waals surface area contributed by atoms with Gasteiger partial charge in [-0.05, 0) is 19.4 Å². The third-order valence-corrected chi connectivity index (χ3v) is 3.39. The molecule has 6 nitrogen and oxygen atoms in total. The molecule has 0 bridgehead atoms. The molecule has 0 aliphatic heterocycles. The Hall–Kier alpha value is -2.63. The number of aromatic nitrogens is 4. The Morgan fingerprint density at radius 2 is 1.90 bits per heavy atom. The van der Waals surface area contributed by atoms with E-state index in [0.29, 0.717) is 17.0 Å². The number of fused-ring (bicyclic) bond motifs is 1. The summed E-state index contributed by atoms with van der Waals surface area (Å²) in [6, 6.07) is 5.99. The smallest absolute Gasteiger partial charge is 0.329 e. The third kappa shape index (κ3) is 1.77. The van der Waals surface area contributed by atoms with Crippen LogP contribution in [0.4, 0.5) is 0 Å². The molecule has 0 saturated heterocycles. The highest BCUT2D eigenvalue weighted by atomic mass is 16.2. The zero-order valence-corrected chi connectivity index (χ0v) is 11.4. The predicted molar refractivity (Wildman–Crippen MR) is 76.9 cm³/mol. The van der Waals surface area contributed by atoms with Gasteiger partial charge in [0.25, 0.3) is 5.56 Å². The Morgan fingerprint density at radius 1 is 1.15 bits per heavy atom. The maximum atomic E-state index is 11.8. The molecule has 3 rings (SSSR count). The topological polar surface area (TPSA) is 83.5 Å². The number of benzene rings is 1. The van der Waals surface area contributed by atoms with E-state index in [2.05, 4.69) is 15.0 Å². The van der Waals surface area contributed by atoms with Gasteiger partial charge in [-0.2, -0.15) is 0 Å². The van der Waals surface area contributed by atoms with E-state index in [0.717, 1.165) is 16.7 Å². The molecule has 2 N–H and O–H groups in total. The minimum Gasteiger partial charge on any atom is -0.332 e. The Balaban J connectivity index is 2.34. The maximum absolute atomic E-state index is 11.8. The molecular weight excluding hydrogens is 256 g/mol. The van der Waals surface area contributed by atoms with Crippen molar-refractivity contribution >= 4 is 11.2 Å². The second-order valence-corrected chi connectivity index (χ2v) is 4.92. The fourth-order valence-corrected chi connectivity index (χ4v) is 2.31. The van der Waals surface area contributed by atoms with E-state index in [9.17, 15) is 9.59 Å². The van der Waals surface area contributed by atoms with Crippen LogP contribution in [0.1, 0.15) is 11.1 Å². The predicted octanol–water partition coefficient (Wildman–Crippen LogP) is 1.23. The van der Waals surface area contributed by atoms with E-state index >= 15 is 0 Å². The first kappa shape index (κ1) is 12.4. The van der Waals surface area contributed by atoms with Gasteiger partial charge in [0.05, 0.1) is 0 Å². The van der Waals surface area contributed by atoms with Crippen LogP contribution in [0, 0.1) is 13.8 Å². The molecule has 0 radical (unpaired) electrons. The lowest BCUT2D eigenvalue weighted by atomic mass is 10.1. The number of imidazole rings is 1. The highest BCUT2D eigenvalue weighted by Crippen LogP contribution is 2.22. The monoisotopic (exact) mass is 270 g/mol. The van der Waals surface area contributed by atoms with E-state index in [1.54, 1.807) is 7.05 Å². The van der Waals surface area contributed by atoms with Crippen LogP contribution in [0.2, 0.25) is 0 Å². The minimum atomic E-state index is -0.471. The number of H-pyrrole nitrogens is 2. The van der Waals surface area contributed by atoms with E-state index < -0.39 is 11.2 Å². The summed E-state index contributed by atoms with van der Waals surface area (Å²) < 4.78 is 1.32. The van der Waals surface area contributed by atoms with Crippen LogP contribution in [0.3, 0.4) is 0 Å². The molecule has 0 amide bonds. The van der Waals surface area contributed by atoms with E-state index in [4.69, 9.17) is 0 Å². The summed E-state index contributed by atoms with van der Waals surface area (Å²) in [6.45, 7) is 4.00. The van der Waals surface area contributed by atoms with E-state index in [-0.39, 0.29) is 0 Å². The standard InChI is InChI=1S/C14H14N4O2/c1-7-4-5-9(8(2)6-7)11-15-10-12(16-11)18(3)14(20)17-13(10)19/h4-6H,1-3H3,(H,15,16)(H,17,19,20). The Labute approximate surface area is 114 Å². The van der Waals surface area contributed by atoms with Crippen molar-refractivity contribution in [1.29, 1.82) is 0 Å². The Kier molecular flexibility index (Phi) is 2.60. The van der Waals surface area contributed by atoms with Crippen LogP contribution in [-0.4, -0.2) is 19.5 Å². The lowest BCUT2D eigenvalue weighted by Gasteiger charge is -2.03. The SMILES string of the molecule is Cc1ccc(-c2nc3c([nH]2)c(=O)[nH]c(=O)n3C)c(C)c1. The summed E-state index contributed by atoms with van der Waals surface area (Å²) in [6.07, 6.45) is 0. The Morgan fingerprint density at radius 3 is 2.60 bits per heavy atom. The van der Waals surface area contributed by atoms with Gasteiger partial charge in [0, 0.05) is 12.6 Å². The van der Waals surface area contributed by atoms with Crippen LogP contribution >= 0.6 is 0 Å². The van der Waals surface area contributed by atoms with Crippen molar-refractivity contribution < 1.29 is 0 Å². The van der Waals surface area contributed by atoms with Gasteiger partial charge in [0.2, 0.25) is 0 Å². The van der Waals surface area contributed by atoms with Gasteiger partial charge >= 0.3 is 5.69 Å². The molecule has 20 heavy (non-hydrogen) atoms. The second-order valence-electron chi connectivity index (χ2n) is 4.92. The molecular formula is C14H14N4O2. The van der Waals surface area contributed by atoms with Crippen LogP contribution in [0.25, 0.3) is 22.6 Å². The molecule has 1 aromatic carbocycles. The summed E-state index contributed by atoms with van der Waals surface area (Å²) in [7, 11) is 1.58. The summed E-state index contributed by atoms with van der Waals surface area (Å²) >= 11 is 0. The summed E-state index contributed by atoms with van der Waals surface area (Å²) in [4.78, 5) is 33.0. The first-order valence-corrected chi connectivity index (χ1v) is 6.24. The molecule has 102 valence electrons. The average molecular weight is 270 g/mol. The molecule has 0 aliphatic rings. The highest BCUT2D eigenvalue weighted by Gasteiger charge is 2.13. The summed E-state index contributed by atoms with van der Waals surface area (Å²) in [5.41, 5.74) is 2.88. The summed E-state index contributed by atoms with van der Waals surface area (Å²) in [5.74, 6) is 0.587. The van der Waals surface area contributed by atoms with Gasteiger partial charge in [0.15, 0.2) is 5.65 Å². The zero-order chi connectivity index (χ0) is 14.4. The van der Waals surface area contributed by atoms with Gasteiger partial charge in [-0.15, -0.1) is 0 Å². The van der Waals surface area contributed by atoms with Crippen LogP contribution in [0.5, 0.6) is 0 Å². The van der Waals surface area contributed by atoms with Gasteiger partial charge in [0.1, 0.15) is 11.3 Å². The van der Waals surface area contributed by atoms with Crippen molar-refractivity contribution in [2.45, 2.75) is 13.8 Å². The van der Waals surface area contributed by atoms with Crippen LogP contribution in [0.15, 0.2) is 27.8 Å². The minimum absolute atomic E-state index is 0.307. The van der Waals surface area contributed by atoms with Gasteiger partial charge < -0.3 is 4.98 Å². The third-order valence-electron chi connectivity index (χ3n) is 3.39. The lowest BCUT2D eigenvalue weighted by molar-refractivity contribution is 0.832. The maximum Gasteiger partial charge on any atom is 0.329 e. The van der Waals surface area contributed by atoms with Crippen molar-refractivity contribution in [3.63, 3.8) is 0 Å². The molecule has 2 aromatic heterocycles. The Bertz CT molecular complexity index is 930. The normalized spacial score (nSPS) is 11.2. The molecule has 0 unspecified atom stereocenters. The molecule has 0 saturated carbocycles. The van der Waals surface area contributed by atoms with Gasteiger partial charge in [-0.1, -0.05) is 23.8 Å². The fraction of sp³-hybridized carbons (Fsp3) is 0.214. The number of hydrogen-bond acceptors (Lipinski definition) is 3. The summed E-state index contributed by atoms with van der Waals surface area (Å²) in [5, 5.41) is 0. The first-order valence-electron chi connectivity index (χ1n) is 6.24. The molecule has 0 atom stereocenters. The van der Waals surface area contributed by atoms with E-state index in [1.165, 1.54) is 4.57 Å². The first-order chi connectivity index (χ1) is 9.47. The van der Waals surface area contributed by atoms with E-state index in [1.807, 2.05) is 32.0 Å². The number of hydrogen-bond donors (Lipinski definition) is 2. The van der Waals surface area contributed by atoms with Crippen molar-refractivity contribution in [3.8, 4) is 11.4 Å². The number of aromatic amines is 2. The fourth-order valence-electron chi connectivity index (χ4n) is 2.31. The van der Waals surface area contributed by atoms with Gasteiger partial charge in [-0.25, -0.2) is 9.78 Å². The molecule has 0 fully saturated rings.